The Morgan fingerprint density at radius 3 is 2.68 bits per heavy atom. The van der Waals surface area contributed by atoms with Crippen molar-refractivity contribution in [1.82, 2.24) is 4.90 Å². The summed E-state index contributed by atoms with van der Waals surface area (Å²) in [5, 5.41) is 12.6. The van der Waals surface area contributed by atoms with Gasteiger partial charge in [0.2, 0.25) is 0 Å². The first-order valence-corrected chi connectivity index (χ1v) is 6.60. The average Bonchev–Trinajstić information content (AvgIpc) is 2.41. The molecule has 1 aromatic carbocycles. The van der Waals surface area contributed by atoms with E-state index in [0.717, 1.165) is 31.6 Å². The van der Waals surface area contributed by atoms with Crippen LogP contribution in [0, 0.1) is 11.3 Å². The van der Waals surface area contributed by atoms with Crippen molar-refractivity contribution in [2.45, 2.75) is 25.8 Å². The molecule has 1 aliphatic rings. The Morgan fingerprint density at radius 2 is 2.11 bits per heavy atom. The van der Waals surface area contributed by atoms with Crippen molar-refractivity contribution in [1.29, 1.82) is 5.26 Å². The summed E-state index contributed by atoms with van der Waals surface area (Å²) >= 11 is 0. The van der Waals surface area contributed by atoms with Gasteiger partial charge in [0.15, 0.2) is 5.78 Å². The Kier molecular flexibility index (Phi) is 4.18. The predicted octanol–water partition coefficient (Wildman–Crippen LogP) is 2.27. The number of nitrogens with zero attached hydrogens (tertiary/aromatic N) is 2. The molecule has 4 nitrogen and oxygen atoms in total. The number of likely N-dealkylation sites (tertiary alicyclic amines) is 1. The first kappa shape index (κ1) is 13.6. The maximum Gasteiger partial charge on any atom is 0.159 e. The van der Waals surface area contributed by atoms with Gasteiger partial charge in [-0.1, -0.05) is 0 Å². The minimum Gasteiger partial charge on any atom is -0.381 e. The third kappa shape index (κ3) is 3.33. The van der Waals surface area contributed by atoms with E-state index in [1.54, 1.807) is 25.1 Å². The second-order valence-corrected chi connectivity index (χ2v) is 5.15. The fraction of sp³-hybridized carbons (Fsp3) is 0.467. The highest BCUT2D eigenvalue weighted by molar-refractivity contribution is 5.95. The molecule has 0 amide bonds. The van der Waals surface area contributed by atoms with E-state index >= 15 is 0 Å². The Hall–Kier alpha value is -1.86. The van der Waals surface area contributed by atoms with Gasteiger partial charge in [0.25, 0.3) is 0 Å². The molecule has 0 aromatic heterocycles. The van der Waals surface area contributed by atoms with Crippen LogP contribution < -0.4 is 5.32 Å². The molecular weight excluding hydrogens is 238 g/mol. The molecule has 19 heavy (non-hydrogen) atoms. The van der Waals surface area contributed by atoms with E-state index in [9.17, 15) is 4.79 Å². The molecule has 1 heterocycles. The molecule has 1 aliphatic heterocycles. The number of benzene rings is 1. The standard InChI is InChI=1S/C15H19N3O/c1-11(19)12-3-4-13(10-16)15(9-12)17-14-5-7-18(2)8-6-14/h3-4,9,14,17H,5-8H2,1-2H3. The number of nitriles is 1. The van der Waals surface area contributed by atoms with Crippen molar-refractivity contribution >= 4 is 11.5 Å². The largest absolute Gasteiger partial charge is 0.381 e. The summed E-state index contributed by atoms with van der Waals surface area (Å²) in [7, 11) is 2.12. The van der Waals surface area contributed by atoms with E-state index in [-0.39, 0.29) is 5.78 Å². The number of carbonyl (C=O) groups excluding carboxylic acids is 1. The molecule has 0 bridgehead atoms. The van der Waals surface area contributed by atoms with Crippen molar-refractivity contribution in [3.8, 4) is 6.07 Å². The Labute approximate surface area is 114 Å². The van der Waals surface area contributed by atoms with Crippen LogP contribution in [0.2, 0.25) is 0 Å². The van der Waals surface area contributed by atoms with E-state index in [1.165, 1.54) is 0 Å². The van der Waals surface area contributed by atoms with Crippen LogP contribution in [0.15, 0.2) is 18.2 Å². The molecule has 1 fully saturated rings. The molecule has 0 atom stereocenters. The highest BCUT2D eigenvalue weighted by Crippen LogP contribution is 2.21. The van der Waals surface area contributed by atoms with E-state index in [0.29, 0.717) is 17.2 Å². The van der Waals surface area contributed by atoms with Gasteiger partial charge in [-0.2, -0.15) is 5.26 Å². The summed E-state index contributed by atoms with van der Waals surface area (Å²) in [6.45, 7) is 3.67. The molecule has 1 N–H and O–H groups in total. The number of carbonyl (C=O) groups is 1. The van der Waals surface area contributed by atoms with Crippen LogP contribution in [-0.4, -0.2) is 36.9 Å². The molecule has 100 valence electrons. The van der Waals surface area contributed by atoms with Crippen LogP contribution in [0.3, 0.4) is 0 Å². The number of rotatable bonds is 3. The predicted molar refractivity (Wildman–Crippen MR) is 75.3 cm³/mol. The average molecular weight is 257 g/mol. The lowest BCUT2D eigenvalue weighted by Gasteiger charge is -2.30. The number of ketones is 1. The van der Waals surface area contributed by atoms with Gasteiger partial charge in [-0.15, -0.1) is 0 Å². The summed E-state index contributed by atoms with van der Waals surface area (Å²) < 4.78 is 0. The Balaban J connectivity index is 2.16. The highest BCUT2D eigenvalue weighted by atomic mass is 16.1. The number of anilines is 1. The third-order valence-electron chi connectivity index (χ3n) is 3.62. The molecule has 0 saturated carbocycles. The first-order chi connectivity index (χ1) is 9.10. The lowest BCUT2D eigenvalue weighted by atomic mass is 10.0. The SMILES string of the molecule is CC(=O)c1ccc(C#N)c(NC2CCN(C)CC2)c1. The molecule has 0 aliphatic carbocycles. The first-order valence-electron chi connectivity index (χ1n) is 6.60. The van der Waals surface area contributed by atoms with Gasteiger partial charge in [0.1, 0.15) is 6.07 Å². The number of nitrogens with one attached hydrogen (secondary N) is 1. The normalized spacial score (nSPS) is 16.9. The van der Waals surface area contributed by atoms with E-state index < -0.39 is 0 Å². The second-order valence-electron chi connectivity index (χ2n) is 5.15. The topological polar surface area (TPSA) is 56.1 Å². The monoisotopic (exact) mass is 257 g/mol. The van der Waals surface area contributed by atoms with Gasteiger partial charge in [0.05, 0.1) is 11.3 Å². The highest BCUT2D eigenvalue weighted by Gasteiger charge is 2.17. The Morgan fingerprint density at radius 1 is 1.42 bits per heavy atom. The van der Waals surface area contributed by atoms with E-state index in [1.807, 2.05) is 0 Å². The number of Topliss-reactive ketones (excluding diaryl/α,β-unsaturated/α-hetero) is 1. The maximum atomic E-state index is 11.4. The number of hydrogen-bond donors (Lipinski definition) is 1. The van der Waals surface area contributed by atoms with E-state index in [2.05, 4.69) is 23.3 Å². The summed E-state index contributed by atoms with van der Waals surface area (Å²) in [5.74, 6) is 0.0240. The van der Waals surface area contributed by atoms with Gasteiger partial charge in [-0.05, 0) is 58.1 Å². The minimum absolute atomic E-state index is 0.0240. The van der Waals surface area contributed by atoms with Gasteiger partial charge < -0.3 is 10.2 Å². The number of piperidine rings is 1. The van der Waals surface area contributed by atoms with Gasteiger partial charge in [-0.3, -0.25) is 4.79 Å². The summed E-state index contributed by atoms with van der Waals surface area (Å²) in [5.41, 5.74) is 2.03. The summed E-state index contributed by atoms with van der Waals surface area (Å²) in [6, 6.07) is 7.77. The zero-order valence-corrected chi connectivity index (χ0v) is 11.4. The lowest BCUT2D eigenvalue weighted by molar-refractivity contribution is 0.101. The van der Waals surface area contributed by atoms with Crippen molar-refractivity contribution in [2.24, 2.45) is 0 Å². The Bertz CT molecular complexity index is 511. The molecule has 0 spiro atoms. The van der Waals surface area contributed by atoms with Crippen LogP contribution >= 0.6 is 0 Å². The molecule has 2 rings (SSSR count). The fourth-order valence-electron chi connectivity index (χ4n) is 2.35. The van der Waals surface area contributed by atoms with Crippen LogP contribution in [-0.2, 0) is 0 Å². The van der Waals surface area contributed by atoms with Gasteiger partial charge in [0, 0.05) is 11.6 Å². The quantitative estimate of drug-likeness (QED) is 0.844. The van der Waals surface area contributed by atoms with Crippen molar-refractivity contribution in [3.05, 3.63) is 29.3 Å². The van der Waals surface area contributed by atoms with Crippen LogP contribution in [0.25, 0.3) is 0 Å². The zero-order valence-electron chi connectivity index (χ0n) is 11.4. The maximum absolute atomic E-state index is 11.4. The fourth-order valence-corrected chi connectivity index (χ4v) is 2.35. The number of hydrogen-bond acceptors (Lipinski definition) is 4. The smallest absolute Gasteiger partial charge is 0.159 e. The van der Waals surface area contributed by atoms with Gasteiger partial charge in [-0.25, -0.2) is 0 Å². The lowest BCUT2D eigenvalue weighted by Crippen LogP contribution is -2.36. The van der Waals surface area contributed by atoms with Crippen LogP contribution in [0.4, 0.5) is 5.69 Å². The van der Waals surface area contributed by atoms with Gasteiger partial charge >= 0.3 is 0 Å². The van der Waals surface area contributed by atoms with E-state index in [4.69, 9.17) is 5.26 Å². The van der Waals surface area contributed by atoms with Crippen molar-refractivity contribution in [3.63, 3.8) is 0 Å². The molecule has 0 unspecified atom stereocenters. The summed E-state index contributed by atoms with van der Waals surface area (Å²) in [4.78, 5) is 13.7. The van der Waals surface area contributed by atoms with Crippen molar-refractivity contribution in [2.75, 3.05) is 25.5 Å². The summed E-state index contributed by atoms with van der Waals surface area (Å²) in [6.07, 6.45) is 2.12. The zero-order chi connectivity index (χ0) is 13.8. The molecule has 1 aromatic rings. The second kappa shape index (κ2) is 5.85. The third-order valence-corrected chi connectivity index (χ3v) is 3.62. The van der Waals surface area contributed by atoms with Crippen LogP contribution in [0.1, 0.15) is 35.7 Å². The molecule has 0 radical (unpaired) electrons. The molecule has 1 saturated heterocycles. The minimum atomic E-state index is 0.0240. The van der Waals surface area contributed by atoms with Crippen molar-refractivity contribution < 1.29 is 4.79 Å². The molecular formula is C15H19N3O. The van der Waals surface area contributed by atoms with Crippen LogP contribution in [0.5, 0.6) is 0 Å². The molecule has 4 heteroatoms.